The topological polar surface area (TPSA) is 67.2 Å². The fourth-order valence-corrected chi connectivity index (χ4v) is 4.14. The minimum absolute atomic E-state index is 0.0610. The number of amides is 2. The molecule has 0 radical (unpaired) electrons. The summed E-state index contributed by atoms with van der Waals surface area (Å²) in [4.78, 5) is 33.2. The second-order valence-corrected chi connectivity index (χ2v) is 7.70. The molecule has 1 spiro atoms. The number of rotatable bonds is 4. The van der Waals surface area contributed by atoms with Gasteiger partial charge in [0.25, 0.3) is 5.91 Å². The number of carbonyl (C=O) groups is 2. The smallest absolute Gasteiger partial charge is 0.410 e. The highest BCUT2D eigenvalue weighted by atomic mass is 16.6. The third-order valence-electron chi connectivity index (χ3n) is 5.78. The number of pyridine rings is 1. The average Bonchev–Trinajstić information content (AvgIpc) is 3.23. The first-order valence-corrected chi connectivity index (χ1v) is 9.74. The Hall–Kier alpha value is -2.57. The van der Waals surface area contributed by atoms with Crippen LogP contribution in [0.4, 0.5) is 4.79 Å². The van der Waals surface area contributed by atoms with Crippen LogP contribution in [-0.4, -0.2) is 62.5 Å². The molecule has 0 bridgehead atoms. The van der Waals surface area contributed by atoms with Crippen LogP contribution in [-0.2, 0) is 4.74 Å². The van der Waals surface area contributed by atoms with Crippen LogP contribution < -0.4 is 0 Å². The molecule has 4 heterocycles. The van der Waals surface area contributed by atoms with E-state index >= 15 is 0 Å². The lowest BCUT2D eigenvalue weighted by atomic mass is 9.91. The molecular formula is C20H26N4O3. The molecule has 0 N–H and O–H groups in total. The van der Waals surface area contributed by atoms with Crippen LogP contribution in [0, 0.1) is 0 Å². The summed E-state index contributed by atoms with van der Waals surface area (Å²) in [5, 5.41) is 0. The Kier molecular flexibility index (Phi) is 4.53. The van der Waals surface area contributed by atoms with Gasteiger partial charge in [-0.05, 0) is 25.5 Å². The van der Waals surface area contributed by atoms with E-state index in [-0.39, 0.29) is 18.0 Å². The average molecular weight is 370 g/mol. The molecule has 2 aromatic heterocycles. The zero-order valence-electron chi connectivity index (χ0n) is 15.9. The van der Waals surface area contributed by atoms with Gasteiger partial charge < -0.3 is 18.9 Å². The van der Waals surface area contributed by atoms with E-state index in [9.17, 15) is 9.59 Å². The van der Waals surface area contributed by atoms with E-state index in [1.807, 2.05) is 38.6 Å². The Labute approximate surface area is 158 Å². The summed E-state index contributed by atoms with van der Waals surface area (Å²) in [6.45, 7) is 5.98. The molecule has 0 saturated carbocycles. The van der Waals surface area contributed by atoms with Crippen molar-refractivity contribution in [1.29, 1.82) is 0 Å². The molecule has 2 aliphatic heterocycles. The summed E-state index contributed by atoms with van der Waals surface area (Å²) in [6, 6.07) is 5.89. The maximum atomic E-state index is 12.8. The van der Waals surface area contributed by atoms with Crippen LogP contribution in [0.2, 0.25) is 0 Å². The predicted molar refractivity (Wildman–Crippen MR) is 101 cm³/mol. The summed E-state index contributed by atoms with van der Waals surface area (Å²) in [6.07, 6.45) is 6.81. The van der Waals surface area contributed by atoms with Crippen molar-refractivity contribution in [2.24, 2.45) is 0 Å². The van der Waals surface area contributed by atoms with Gasteiger partial charge >= 0.3 is 6.09 Å². The minimum atomic E-state index is -0.450. The largest absolute Gasteiger partial charge is 0.441 e. The van der Waals surface area contributed by atoms with Crippen LogP contribution >= 0.6 is 0 Å². The van der Waals surface area contributed by atoms with Crippen LogP contribution in [0.25, 0.3) is 5.65 Å². The van der Waals surface area contributed by atoms with E-state index in [1.54, 1.807) is 6.20 Å². The molecule has 2 aromatic rings. The van der Waals surface area contributed by atoms with E-state index in [0.717, 1.165) is 18.5 Å². The lowest BCUT2D eigenvalue weighted by molar-refractivity contribution is 0.00291. The number of nitrogens with zero attached hydrogens (tertiary/aromatic N) is 4. The summed E-state index contributed by atoms with van der Waals surface area (Å²) in [7, 11) is 0. The highest BCUT2D eigenvalue weighted by molar-refractivity contribution is 5.93. The molecule has 0 aliphatic carbocycles. The van der Waals surface area contributed by atoms with Gasteiger partial charge in [-0.3, -0.25) is 4.79 Å². The number of carbonyl (C=O) groups excluding carboxylic acids is 2. The molecule has 2 saturated heterocycles. The fourth-order valence-electron chi connectivity index (χ4n) is 4.14. The first-order valence-electron chi connectivity index (χ1n) is 9.74. The van der Waals surface area contributed by atoms with Crippen LogP contribution in [0.5, 0.6) is 0 Å². The zero-order chi connectivity index (χ0) is 19.0. The zero-order valence-corrected chi connectivity index (χ0v) is 15.9. The number of fused-ring (bicyclic) bond motifs is 1. The molecule has 0 aromatic carbocycles. The van der Waals surface area contributed by atoms with Gasteiger partial charge in [-0.15, -0.1) is 0 Å². The number of aromatic nitrogens is 2. The standard InChI is InChI=1S/C20H26N4O3/c1-3-6-15(2)24-14-20(27-19(24)26)8-11-22(12-9-20)18(25)16-13-23-10-5-4-7-17(23)21-16/h4-5,7,10,13,15H,3,6,8-9,11-12,14H2,1-2H3/t15-/m1/s1. The highest BCUT2D eigenvalue weighted by Crippen LogP contribution is 2.35. The quantitative estimate of drug-likeness (QED) is 0.830. The lowest BCUT2D eigenvalue weighted by Gasteiger charge is -2.37. The van der Waals surface area contributed by atoms with Crippen molar-refractivity contribution < 1.29 is 14.3 Å². The maximum absolute atomic E-state index is 12.8. The molecule has 27 heavy (non-hydrogen) atoms. The molecule has 7 nitrogen and oxygen atoms in total. The molecule has 7 heteroatoms. The fraction of sp³-hybridized carbons (Fsp3) is 0.550. The Bertz CT molecular complexity index is 821. The van der Waals surface area contributed by atoms with Crippen molar-refractivity contribution in [2.45, 2.75) is 51.2 Å². The van der Waals surface area contributed by atoms with Gasteiger partial charge in [0.15, 0.2) is 0 Å². The first-order chi connectivity index (χ1) is 13.0. The van der Waals surface area contributed by atoms with E-state index in [1.165, 1.54) is 0 Å². The molecule has 0 unspecified atom stereocenters. The van der Waals surface area contributed by atoms with Gasteiger partial charge in [-0.25, -0.2) is 9.78 Å². The Morgan fingerprint density at radius 1 is 1.33 bits per heavy atom. The Morgan fingerprint density at radius 3 is 2.81 bits per heavy atom. The number of imidazole rings is 1. The number of ether oxygens (including phenoxy) is 1. The molecule has 4 rings (SSSR count). The third-order valence-corrected chi connectivity index (χ3v) is 5.78. The highest BCUT2D eigenvalue weighted by Gasteiger charge is 2.48. The monoisotopic (exact) mass is 370 g/mol. The first kappa shape index (κ1) is 17.8. The van der Waals surface area contributed by atoms with Gasteiger partial charge in [0.05, 0.1) is 6.54 Å². The summed E-state index contributed by atoms with van der Waals surface area (Å²) in [5.41, 5.74) is 0.771. The van der Waals surface area contributed by atoms with Gasteiger partial charge in [0, 0.05) is 44.4 Å². The van der Waals surface area contributed by atoms with Crippen molar-refractivity contribution >= 4 is 17.6 Å². The Morgan fingerprint density at radius 2 is 2.11 bits per heavy atom. The van der Waals surface area contributed by atoms with Crippen molar-refractivity contribution in [3.63, 3.8) is 0 Å². The third kappa shape index (κ3) is 3.26. The normalized spacial score (nSPS) is 20.3. The number of hydrogen-bond acceptors (Lipinski definition) is 4. The van der Waals surface area contributed by atoms with Crippen LogP contribution in [0.3, 0.4) is 0 Å². The molecule has 1 atom stereocenters. The van der Waals surface area contributed by atoms with Crippen molar-refractivity contribution in [3.8, 4) is 0 Å². The number of hydrogen-bond donors (Lipinski definition) is 0. The number of likely N-dealkylation sites (tertiary alicyclic amines) is 1. The number of piperidine rings is 1. The summed E-state index contributed by atoms with van der Waals surface area (Å²) >= 11 is 0. The molecule has 2 fully saturated rings. The van der Waals surface area contributed by atoms with Crippen molar-refractivity contribution in [3.05, 3.63) is 36.3 Å². The van der Waals surface area contributed by atoms with Crippen molar-refractivity contribution in [2.75, 3.05) is 19.6 Å². The summed E-state index contributed by atoms with van der Waals surface area (Å²) in [5.74, 6) is -0.0610. The predicted octanol–water partition coefficient (Wildman–Crippen LogP) is 2.95. The second kappa shape index (κ2) is 6.87. The second-order valence-electron chi connectivity index (χ2n) is 7.70. The lowest BCUT2D eigenvalue weighted by Crippen LogP contribution is -2.49. The maximum Gasteiger partial charge on any atom is 0.410 e. The van der Waals surface area contributed by atoms with Gasteiger partial charge in [0.2, 0.25) is 0 Å². The molecule has 144 valence electrons. The van der Waals surface area contributed by atoms with E-state index in [0.29, 0.717) is 38.2 Å². The van der Waals surface area contributed by atoms with E-state index in [4.69, 9.17) is 4.74 Å². The van der Waals surface area contributed by atoms with Crippen molar-refractivity contribution in [1.82, 2.24) is 19.2 Å². The molecular weight excluding hydrogens is 344 g/mol. The van der Waals surface area contributed by atoms with Gasteiger partial charge in [-0.2, -0.15) is 0 Å². The SMILES string of the molecule is CCC[C@@H](C)N1CC2(CCN(C(=O)c3cn4ccccc4n3)CC2)OC1=O. The van der Waals surface area contributed by atoms with E-state index < -0.39 is 5.60 Å². The minimum Gasteiger partial charge on any atom is -0.441 e. The molecule has 2 amide bonds. The molecule has 2 aliphatic rings. The van der Waals surface area contributed by atoms with E-state index in [2.05, 4.69) is 18.8 Å². The van der Waals surface area contributed by atoms with Gasteiger partial charge in [-0.1, -0.05) is 19.4 Å². The summed E-state index contributed by atoms with van der Waals surface area (Å²) < 4.78 is 7.63. The van der Waals surface area contributed by atoms with Crippen LogP contribution in [0.15, 0.2) is 30.6 Å². The van der Waals surface area contributed by atoms with Gasteiger partial charge in [0.1, 0.15) is 16.9 Å². The Balaban J connectivity index is 1.41. The van der Waals surface area contributed by atoms with Crippen LogP contribution in [0.1, 0.15) is 50.0 Å².